The standard InChI is InChI=1S/C20H30N6O/c1-13(2)10-26(11-14(3)4)19-17(21)18(22-12-23-19)24-25-20(27)16-8-6-15(5)7-9-16/h6-9,12-14H,10-11,21H2,1-5H3,(H,25,27)(H,22,23,24). The SMILES string of the molecule is Cc1ccc(C(=O)NNc2ncnc(N(CC(C)C)CC(C)C)c2N)cc1. The highest BCUT2D eigenvalue weighted by Crippen LogP contribution is 2.27. The molecule has 2 rings (SSSR count). The van der Waals surface area contributed by atoms with E-state index >= 15 is 0 Å². The van der Waals surface area contributed by atoms with E-state index in [1.165, 1.54) is 6.33 Å². The highest BCUT2D eigenvalue weighted by Gasteiger charge is 2.18. The third kappa shape index (κ3) is 5.84. The van der Waals surface area contributed by atoms with Crippen molar-refractivity contribution in [2.45, 2.75) is 34.6 Å². The molecule has 146 valence electrons. The lowest BCUT2D eigenvalue weighted by atomic mass is 10.1. The second-order valence-electron chi connectivity index (χ2n) is 7.60. The van der Waals surface area contributed by atoms with Gasteiger partial charge in [-0.2, -0.15) is 0 Å². The number of nitrogens with one attached hydrogen (secondary N) is 2. The van der Waals surface area contributed by atoms with Gasteiger partial charge in [-0.25, -0.2) is 9.97 Å². The number of anilines is 3. The van der Waals surface area contributed by atoms with Gasteiger partial charge in [0.2, 0.25) is 0 Å². The third-order valence-electron chi connectivity index (χ3n) is 3.94. The fraction of sp³-hybridized carbons (Fsp3) is 0.450. The molecule has 1 aromatic carbocycles. The van der Waals surface area contributed by atoms with Gasteiger partial charge < -0.3 is 10.6 Å². The van der Waals surface area contributed by atoms with Crippen LogP contribution in [-0.2, 0) is 0 Å². The van der Waals surface area contributed by atoms with Gasteiger partial charge in [0.15, 0.2) is 11.6 Å². The van der Waals surface area contributed by atoms with Gasteiger partial charge in [-0.15, -0.1) is 0 Å². The van der Waals surface area contributed by atoms with Crippen LogP contribution in [0.2, 0.25) is 0 Å². The maximum Gasteiger partial charge on any atom is 0.269 e. The van der Waals surface area contributed by atoms with E-state index in [-0.39, 0.29) is 5.91 Å². The molecule has 27 heavy (non-hydrogen) atoms. The number of hydrogen-bond acceptors (Lipinski definition) is 6. The fourth-order valence-electron chi connectivity index (χ4n) is 2.76. The molecule has 1 aromatic heterocycles. The molecule has 0 unspecified atom stereocenters. The predicted octanol–water partition coefficient (Wildman–Crippen LogP) is 3.24. The van der Waals surface area contributed by atoms with Crippen LogP contribution in [0.3, 0.4) is 0 Å². The van der Waals surface area contributed by atoms with Gasteiger partial charge in [-0.1, -0.05) is 45.4 Å². The average Bonchev–Trinajstić information content (AvgIpc) is 2.60. The number of amides is 1. The van der Waals surface area contributed by atoms with Gasteiger partial charge in [0.25, 0.3) is 5.91 Å². The Morgan fingerprint density at radius 1 is 1.07 bits per heavy atom. The Morgan fingerprint density at radius 2 is 1.67 bits per heavy atom. The summed E-state index contributed by atoms with van der Waals surface area (Å²) in [6.07, 6.45) is 1.46. The number of carbonyl (C=O) groups is 1. The Bertz CT molecular complexity index is 748. The molecule has 0 bridgehead atoms. The molecule has 0 saturated heterocycles. The molecule has 7 nitrogen and oxygen atoms in total. The summed E-state index contributed by atoms with van der Waals surface area (Å²) in [5, 5.41) is 0. The van der Waals surface area contributed by atoms with Crippen LogP contribution in [0.1, 0.15) is 43.6 Å². The van der Waals surface area contributed by atoms with Gasteiger partial charge >= 0.3 is 0 Å². The van der Waals surface area contributed by atoms with Gasteiger partial charge in [0, 0.05) is 18.7 Å². The highest BCUT2D eigenvalue weighted by molar-refractivity contribution is 5.95. The summed E-state index contributed by atoms with van der Waals surface area (Å²) in [5.41, 5.74) is 13.8. The van der Waals surface area contributed by atoms with Crippen LogP contribution in [0, 0.1) is 18.8 Å². The molecule has 0 spiro atoms. The first-order valence-corrected chi connectivity index (χ1v) is 9.26. The second-order valence-corrected chi connectivity index (χ2v) is 7.60. The molecule has 0 aliphatic rings. The van der Waals surface area contributed by atoms with Crippen molar-refractivity contribution in [3.63, 3.8) is 0 Å². The monoisotopic (exact) mass is 370 g/mol. The first kappa shape index (κ1) is 20.5. The number of aryl methyl sites for hydroxylation is 1. The topological polar surface area (TPSA) is 96.2 Å². The number of nitrogen functional groups attached to an aromatic ring is 1. The van der Waals surface area contributed by atoms with Crippen LogP contribution in [-0.4, -0.2) is 29.0 Å². The zero-order chi connectivity index (χ0) is 20.0. The van der Waals surface area contributed by atoms with Gasteiger partial charge in [-0.3, -0.25) is 15.6 Å². The first-order valence-electron chi connectivity index (χ1n) is 9.26. The van der Waals surface area contributed by atoms with Crippen molar-refractivity contribution in [1.82, 2.24) is 15.4 Å². The summed E-state index contributed by atoms with van der Waals surface area (Å²) in [4.78, 5) is 23.0. The maximum absolute atomic E-state index is 12.3. The Kier molecular flexibility index (Phi) is 6.98. The number of nitrogens with two attached hydrogens (primary N) is 1. The number of hydrogen-bond donors (Lipinski definition) is 3. The number of benzene rings is 1. The molecule has 0 fully saturated rings. The molecule has 1 heterocycles. The average molecular weight is 371 g/mol. The van der Waals surface area contributed by atoms with Crippen LogP contribution >= 0.6 is 0 Å². The number of rotatable bonds is 8. The summed E-state index contributed by atoms with van der Waals surface area (Å²) in [5.74, 6) is 1.75. The van der Waals surface area contributed by atoms with Crippen molar-refractivity contribution in [2.24, 2.45) is 11.8 Å². The van der Waals surface area contributed by atoms with Gasteiger partial charge in [0.1, 0.15) is 12.0 Å². The molecule has 0 saturated carbocycles. The number of aromatic nitrogens is 2. The smallest absolute Gasteiger partial charge is 0.269 e. The van der Waals surface area contributed by atoms with Crippen molar-refractivity contribution >= 4 is 23.2 Å². The lowest BCUT2D eigenvalue weighted by Crippen LogP contribution is -2.34. The molecular weight excluding hydrogens is 340 g/mol. The van der Waals surface area contributed by atoms with E-state index in [0.29, 0.717) is 34.7 Å². The quantitative estimate of drug-likeness (QED) is 0.617. The van der Waals surface area contributed by atoms with Crippen molar-refractivity contribution < 1.29 is 4.79 Å². The van der Waals surface area contributed by atoms with Crippen molar-refractivity contribution in [3.05, 3.63) is 41.7 Å². The van der Waals surface area contributed by atoms with E-state index in [4.69, 9.17) is 5.73 Å². The lowest BCUT2D eigenvalue weighted by molar-refractivity contribution is 0.0962. The third-order valence-corrected chi connectivity index (χ3v) is 3.94. The molecule has 0 aliphatic heterocycles. The summed E-state index contributed by atoms with van der Waals surface area (Å²) >= 11 is 0. The maximum atomic E-state index is 12.3. The minimum absolute atomic E-state index is 0.254. The van der Waals surface area contributed by atoms with E-state index in [1.807, 2.05) is 19.1 Å². The van der Waals surface area contributed by atoms with E-state index in [9.17, 15) is 4.79 Å². The molecule has 2 aromatic rings. The summed E-state index contributed by atoms with van der Waals surface area (Å²) in [6.45, 7) is 12.3. The van der Waals surface area contributed by atoms with Crippen LogP contribution in [0.25, 0.3) is 0 Å². The Labute approximate surface area is 161 Å². The minimum atomic E-state index is -0.254. The summed E-state index contributed by atoms with van der Waals surface area (Å²) in [7, 11) is 0. The fourth-order valence-corrected chi connectivity index (χ4v) is 2.76. The van der Waals surface area contributed by atoms with Crippen molar-refractivity contribution in [2.75, 3.05) is 29.1 Å². The number of nitrogens with zero attached hydrogens (tertiary/aromatic N) is 3. The largest absolute Gasteiger partial charge is 0.393 e. The molecule has 4 N–H and O–H groups in total. The molecule has 1 amide bonds. The minimum Gasteiger partial charge on any atom is -0.393 e. The van der Waals surface area contributed by atoms with Crippen molar-refractivity contribution in [1.29, 1.82) is 0 Å². The Morgan fingerprint density at radius 3 is 2.22 bits per heavy atom. The van der Waals surface area contributed by atoms with E-state index in [0.717, 1.165) is 18.7 Å². The molecular formula is C20H30N6O. The lowest BCUT2D eigenvalue weighted by Gasteiger charge is -2.28. The van der Waals surface area contributed by atoms with Crippen LogP contribution in [0.15, 0.2) is 30.6 Å². The summed E-state index contributed by atoms with van der Waals surface area (Å²) < 4.78 is 0. The van der Waals surface area contributed by atoms with Gasteiger partial charge in [0.05, 0.1) is 0 Å². The number of hydrazine groups is 1. The molecule has 0 atom stereocenters. The molecule has 0 aliphatic carbocycles. The van der Waals surface area contributed by atoms with Crippen LogP contribution in [0.4, 0.5) is 17.3 Å². The van der Waals surface area contributed by atoms with Gasteiger partial charge in [-0.05, 0) is 30.9 Å². The molecule has 0 radical (unpaired) electrons. The number of carbonyl (C=O) groups excluding carboxylic acids is 1. The second kappa shape index (κ2) is 9.21. The van der Waals surface area contributed by atoms with E-state index < -0.39 is 0 Å². The van der Waals surface area contributed by atoms with E-state index in [1.54, 1.807) is 12.1 Å². The van der Waals surface area contributed by atoms with Crippen molar-refractivity contribution in [3.8, 4) is 0 Å². The zero-order valence-corrected chi connectivity index (χ0v) is 16.8. The highest BCUT2D eigenvalue weighted by atomic mass is 16.2. The van der Waals surface area contributed by atoms with Crippen LogP contribution in [0.5, 0.6) is 0 Å². The predicted molar refractivity (Wildman–Crippen MR) is 111 cm³/mol. The van der Waals surface area contributed by atoms with E-state index in [2.05, 4.69) is 53.4 Å². The first-order chi connectivity index (χ1) is 12.8. The van der Waals surface area contributed by atoms with Crippen LogP contribution < -0.4 is 21.5 Å². The Balaban J connectivity index is 2.14. The Hall–Kier alpha value is -2.83. The normalized spacial score (nSPS) is 10.9. The zero-order valence-electron chi connectivity index (χ0n) is 16.8. The summed E-state index contributed by atoms with van der Waals surface area (Å²) in [6, 6.07) is 7.33. The molecule has 7 heteroatoms.